The van der Waals surface area contributed by atoms with Gasteiger partial charge in [0.15, 0.2) is 0 Å². The summed E-state index contributed by atoms with van der Waals surface area (Å²) in [6.07, 6.45) is 0. The highest BCUT2D eigenvalue weighted by molar-refractivity contribution is 6.46. The highest BCUT2D eigenvalue weighted by Gasteiger charge is 2.40. The van der Waals surface area contributed by atoms with E-state index in [1.807, 2.05) is 51.1 Å². The average molecular weight is 443 g/mol. The molecule has 0 radical (unpaired) electrons. The molecule has 0 saturated carbocycles. The molecule has 0 spiro atoms. The summed E-state index contributed by atoms with van der Waals surface area (Å²) < 4.78 is 11.0. The second-order valence-electron chi connectivity index (χ2n) is 7.82. The first-order valence-corrected chi connectivity index (χ1v) is 10.8. The van der Waals surface area contributed by atoms with Gasteiger partial charge in [0.25, 0.3) is 11.8 Å². The molecule has 4 rings (SSSR count). The van der Waals surface area contributed by atoms with Crippen molar-refractivity contribution in [3.8, 4) is 11.5 Å². The second-order valence-corrected chi connectivity index (χ2v) is 7.82. The van der Waals surface area contributed by atoms with Gasteiger partial charge in [0, 0.05) is 0 Å². The summed E-state index contributed by atoms with van der Waals surface area (Å²) >= 11 is 0. The van der Waals surface area contributed by atoms with Crippen molar-refractivity contribution in [2.24, 2.45) is 0 Å². The Labute approximate surface area is 193 Å². The highest BCUT2D eigenvalue weighted by Crippen LogP contribution is 2.36. The van der Waals surface area contributed by atoms with E-state index in [4.69, 9.17) is 9.47 Å². The Hall–Kier alpha value is -4.06. The van der Waals surface area contributed by atoms with Gasteiger partial charge in [-0.05, 0) is 68.3 Å². The lowest BCUT2D eigenvalue weighted by Crippen LogP contribution is -2.32. The van der Waals surface area contributed by atoms with Crippen molar-refractivity contribution >= 4 is 28.8 Å². The van der Waals surface area contributed by atoms with E-state index in [1.54, 1.807) is 43.5 Å². The van der Waals surface area contributed by atoms with Gasteiger partial charge in [0.05, 0.1) is 30.7 Å². The smallest absolute Gasteiger partial charge is 0.282 e. The van der Waals surface area contributed by atoms with Crippen LogP contribution >= 0.6 is 0 Å². The highest BCUT2D eigenvalue weighted by atomic mass is 16.5. The fraction of sp³-hybridized carbons (Fsp3) is 0.185. The molecule has 0 aliphatic carbocycles. The van der Waals surface area contributed by atoms with Crippen LogP contribution in [0.1, 0.15) is 23.6 Å². The molecule has 3 aromatic carbocycles. The molecule has 0 aromatic heterocycles. The molecule has 3 aromatic rings. The van der Waals surface area contributed by atoms with Crippen molar-refractivity contribution < 1.29 is 19.1 Å². The van der Waals surface area contributed by atoms with Crippen LogP contribution in [0.5, 0.6) is 11.5 Å². The van der Waals surface area contributed by atoms with Crippen LogP contribution in [-0.4, -0.2) is 25.5 Å². The van der Waals surface area contributed by atoms with Gasteiger partial charge in [-0.2, -0.15) is 0 Å². The lowest BCUT2D eigenvalue weighted by molar-refractivity contribution is -0.120. The number of anilines is 2. The number of carbonyl (C=O) groups is 2. The van der Waals surface area contributed by atoms with E-state index in [2.05, 4.69) is 5.32 Å². The fourth-order valence-corrected chi connectivity index (χ4v) is 3.78. The van der Waals surface area contributed by atoms with Gasteiger partial charge < -0.3 is 14.8 Å². The number of aryl methyl sites for hydroxylation is 2. The maximum Gasteiger partial charge on any atom is 0.282 e. The first kappa shape index (κ1) is 22.1. The van der Waals surface area contributed by atoms with Gasteiger partial charge >= 0.3 is 0 Å². The van der Waals surface area contributed by atoms with E-state index < -0.39 is 5.91 Å². The predicted octanol–water partition coefficient (Wildman–Crippen LogP) is 5.11. The minimum absolute atomic E-state index is 0.202. The maximum absolute atomic E-state index is 13.6. The monoisotopic (exact) mass is 442 g/mol. The van der Waals surface area contributed by atoms with E-state index in [-0.39, 0.29) is 11.6 Å². The third kappa shape index (κ3) is 4.32. The van der Waals surface area contributed by atoms with Crippen LogP contribution in [-0.2, 0) is 9.59 Å². The first-order valence-electron chi connectivity index (χ1n) is 10.8. The lowest BCUT2D eigenvalue weighted by atomic mass is 10.0. The van der Waals surface area contributed by atoms with Crippen molar-refractivity contribution in [2.45, 2.75) is 20.8 Å². The molecule has 0 fully saturated rings. The molecule has 6 nitrogen and oxygen atoms in total. The van der Waals surface area contributed by atoms with E-state index in [0.29, 0.717) is 40.6 Å². The third-order valence-corrected chi connectivity index (χ3v) is 5.44. The molecule has 0 unspecified atom stereocenters. The number of imide groups is 1. The van der Waals surface area contributed by atoms with Crippen LogP contribution in [0.3, 0.4) is 0 Å². The largest absolute Gasteiger partial charge is 0.495 e. The van der Waals surface area contributed by atoms with Gasteiger partial charge in [-0.3, -0.25) is 9.59 Å². The molecule has 33 heavy (non-hydrogen) atoms. The van der Waals surface area contributed by atoms with Crippen LogP contribution in [0.15, 0.2) is 72.4 Å². The second kappa shape index (κ2) is 9.20. The molecule has 0 atom stereocenters. The van der Waals surface area contributed by atoms with Gasteiger partial charge in [0.2, 0.25) is 0 Å². The summed E-state index contributed by atoms with van der Waals surface area (Å²) in [4.78, 5) is 28.3. The molecule has 6 heteroatoms. The zero-order chi connectivity index (χ0) is 23.5. The molecule has 2 amide bonds. The molecule has 168 valence electrons. The average Bonchev–Trinajstić information content (AvgIpc) is 3.05. The van der Waals surface area contributed by atoms with Crippen LogP contribution in [0.2, 0.25) is 0 Å². The summed E-state index contributed by atoms with van der Waals surface area (Å²) in [7, 11) is 1.57. The number of hydrogen-bond acceptors (Lipinski definition) is 5. The lowest BCUT2D eigenvalue weighted by Gasteiger charge is -2.16. The number of methoxy groups -OCH3 is 1. The first-order chi connectivity index (χ1) is 15.9. The Morgan fingerprint density at radius 3 is 2.15 bits per heavy atom. The van der Waals surface area contributed by atoms with Crippen LogP contribution < -0.4 is 19.7 Å². The fourth-order valence-electron chi connectivity index (χ4n) is 3.78. The molecule has 1 aliphatic rings. The van der Waals surface area contributed by atoms with Crippen molar-refractivity contribution in [3.05, 3.63) is 89.1 Å². The van der Waals surface area contributed by atoms with E-state index in [9.17, 15) is 9.59 Å². The number of rotatable bonds is 7. The Morgan fingerprint density at radius 1 is 0.848 bits per heavy atom. The Morgan fingerprint density at radius 2 is 1.52 bits per heavy atom. The zero-order valence-electron chi connectivity index (χ0n) is 19.1. The number of carbonyl (C=O) groups excluding carboxylic acids is 2. The summed E-state index contributed by atoms with van der Waals surface area (Å²) in [5.41, 5.74) is 4.30. The summed E-state index contributed by atoms with van der Waals surface area (Å²) in [5.74, 6) is 0.468. The third-order valence-electron chi connectivity index (χ3n) is 5.44. The summed E-state index contributed by atoms with van der Waals surface area (Å²) in [6.45, 7) is 6.36. The Kier molecular flexibility index (Phi) is 6.18. The van der Waals surface area contributed by atoms with E-state index in [0.717, 1.165) is 11.1 Å². The summed E-state index contributed by atoms with van der Waals surface area (Å²) in [6, 6.07) is 20.1. The van der Waals surface area contributed by atoms with Crippen LogP contribution in [0.4, 0.5) is 11.4 Å². The summed E-state index contributed by atoms with van der Waals surface area (Å²) in [5, 5.41) is 3.19. The minimum Gasteiger partial charge on any atom is -0.495 e. The standard InChI is InChI=1S/C27H26N2O4/c1-5-33-21-13-9-19(10-14-21)24-25(28-22-16-18(3)8-15-23(22)32-4)27(31)29(26(24)30)20-11-6-17(2)7-12-20/h6-16,28H,5H2,1-4H3. The van der Waals surface area contributed by atoms with Crippen molar-refractivity contribution in [2.75, 3.05) is 23.9 Å². The van der Waals surface area contributed by atoms with Gasteiger partial charge in [-0.1, -0.05) is 35.9 Å². The van der Waals surface area contributed by atoms with E-state index in [1.165, 1.54) is 4.90 Å². The van der Waals surface area contributed by atoms with Crippen molar-refractivity contribution in [3.63, 3.8) is 0 Å². The normalized spacial score (nSPS) is 13.5. The minimum atomic E-state index is -0.420. The predicted molar refractivity (Wildman–Crippen MR) is 130 cm³/mol. The molecule has 0 bridgehead atoms. The van der Waals surface area contributed by atoms with Crippen molar-refractivity contribution in [1.82, 2.24) is 0 Å². The van der Waals surface area contributed by atoms with Crippen LogP contribution in [0, 0.1) is 13.8 Å². The molecular formula is C27H26N2O4. The molecule has 1 aliphatic heterocycles. The molecule has 1 heterocycles. The molecule has 1 N–H and O–H groups in total. The Balaban J connectivity index is 1.82. The van der Waals surface area contributed by atoms with Gasteiger partial charge in [-0.15, -0.1) is 0 Å². The topological polar surface area (TPSA) is 67.9 Å². The number of amides is 2. The zero-order valence-corrected chi connectivity index (χ0v) is 19.1. The molecular weight excluding hydrogens is 416 g/mol. The van der Waals surface area contributed by atoms with Crippen LogP contribution in [0.25, 0.3) is 5.57 Å². The molecule has 0 saturated heterocycles. The van der Waals surface area contributed by atoms with Gasteiger partial charge in [0.1, 0.15) is 17.2 Å². The quantitative estimate of drug-likeness (QED) is 0.515. The SMILES string of the molecule is CCOc1ccc(C2=C(Nc3cc(C)ccc3OC)C(=O)N(c3ccc(C)cc3)C2=O)cc1. The number of ether oxygens (including phenoxy) is 2. The van der Waals surface area contributed by atoms with Crippen molar-refractivity contribution in [1.29, 1.82) is 0 Å². The number of nitrogens with one attached hydrogen (secondary N) is 1. The Bertz CT molecular complexity index is 1230. The van der Waals surface area contributed by atoms with Gasteiger partial charge in [-0.25, -0.2) is 4.90 Å². The number of hydrogen-bond donors (Lipinski definition) is 1. The van der Waals surface area contributed by atoms with E-state index >= 15 is 0 Å². The number of benzene rings is 3. The number of nitrogens with zero attached hydrogens (tertiary/aromatic N) is 1. The maximum atomic E-state index is 13.6.